The maximum Gasteiger partial charge on any atom is 0.194 e. The van der Waals surface area contributed by atoms with E-state index in [1.807, 2.05) is 54.6 Å². The van der Waals surface area contributed by atoms with Crippen molar-refractivity contribution in [1.29, 1.82) is 0 Å². The van der Waals surface area contributed by atoms with Crippen LogP contribution < -0.4 is 0 Å². The van der Waals surface area contributed by atoms with E-state index in [4.69, 9.17) is 21.5 Å². The molecule has 5 aromatic heterocycles. The number of nitrogens with zero attached hydrogens (tertiary/aromatic N) is 8. The first-order chi connectivity index (χ1) is 44.6. The molecular weight excluding hydrogens is 1100 g/mol. The van der Waals surface area contributed by atoms with Crippen molar-refractivity contribution >= 4 is 92.9 Å². The molecule has 0 spiro atoms. The smallest absolute Gasteiger partial charge is 0.194 e. The minimum absolute atomic E-state index is 0.522. The highest BCUT2D eigenvalue weighted by Crippen LogP contribution is 2.48. The summed E-state index contributed by atoms with van der Waals surface area (Å²) in [7, 11) is 0. The molecule has 8 heteroatoms. The van der Waals surface area contributed by atoms with Gasteiger partial charge in [0, 0.05) is 76.7 Å². The summed E-state index contributed by atoms with van der Waals surface area (Å²) in [5.41, 5.74) is 19.7. The molecule has 0 N–H and O–H groups in total. The molecule has 0 amide bonds. The average Bonchev–Trinajstić information content (AvgIpc) is 1.57. The molecule has 0 radical (unpaired) electrons. The maximum absolute atomic E-state index is 8.39. The van der Waals surface area contributed by atoms with Crippen molar-refractivity contribution < 1.29 is 0 Å². The SMILES string of the molecule is [C-]#[N+]c1ccccc1-c1ccc(-n2c3ccccc3c3c2ccc2c4ccccc4n(-c4ccccc4)c23)c(-c2ccc(-n3c4ccccc4c4c3ccc3c5ccccc5n(-c5ccccc5)c34)c(-c3nc(-c4ccccc4)nc(-c4ccccc4)n3)c2)c1. The molecule has 13 aromatic carbocycles. The van der Waals surface area contributed by atoms with Gasteiger partial charge in [-0.15, -0.1) is 0 Å². The first-order valence-electron chi connectivity index (χ1n) is 30.3. The summed E-state index contributed by atoms with van der Waals surface area (Å²) in [5, 5.41) is 9.32. The van der Waals surface area contributed by atoms with Crippen LogP contribution in [0.3, 0.4) is 0 Å². The molecule has 0 saturated heterocycles. The van der Waals surface area contributed by atoms with Crippen LogP contribution >= 0.6 is 0 Å². The first kappa shape index (κ1) is 50.8. The zero-order chi connectivity index (χ0) is 59.4. The van der Waals surface area contributed by atoms with E-state index in [2.05, 4.69) is 272 Å². The topological polar surface area (TPSA) is 62.8 Å². The Morgan fingerprint density at radius 2 is 0.633 bits per heavy atom. The van der Waals surface area contributed by atoms with E-state index >= 15 is 0 Å². The van der Waals surface area contributed by atoms with E-state index in [1.54, 1.807) is 0 Å². The van der Waals surface area contributed by atoms with Gasteiger partial charge in [-0.25, -0.2) is 19.8 Å². The van der Waals surface area contributed by atoms with Crippen molar-refractivity contribution in [2.75, 3.05) is 0 Å². The summed E-state index contributed by atoms with van der Waals surface area (Å²) in [6.45, 7) is 8.39. The zero-order valence-electron chi connectivity index (χ0n) is 48.4. The molecule has 0 aliphatic heterocycles. The first-order valence-corrected chi connectivity index (χ1v) is 30.3. The molecule has 0 fully saturated rings. The normalized spacial score (nSPS) is 11.8. The fourth-order valence-electron chi connectivity index (χ4n) is 14.2. The molecule has 5 heterocycles. The van der Waals surface area contributed by atoms with Gasteiger partial charge in [0.1, 0.15) is 0 Å². The lowest BCUT2D eigenvalue weighted by Gasteiger charge is -2.19. The van der Waals surface area contributed by atoms with Crippen LogP contribution in [-0.2, 0) is 0 Å². The summed E-state index contributed by atoms with van der Waals surface area (Å²) in [6.07, 6.45) is 0. The molecule has 8 nitrogen and oxygen atoms in total. The summed E-state index contributed by atoms with van der Waals surface area (Å²) in [6, 6.07) is 108. The van der Waals surface area contributed by atoms with Crippen LogP contribution in [0.15, 0.2) is 303 Å². The summed E-state index contributed by atoms with van der Waals surface area (Å²) >= 11 is 0. The number of benzene rings is 13. The molecule has 0 unspecified atom stereocenters. The van der Waals surface area contributed by atoms with Crippen LogP contribution in [0.2, 0.25) is 0 Å². The Bertz CT molecular complexity index is 5910. The molecule has 418 valence electrons. The second-order valence-corrected chi connectivity index (χ2v) is 22.9. The molecule has 0 bridgehead atoms. The Kier molecular flexibility index (Phi) is 11.5. The van der Waals surface area contributed by atoms with E-state index < -0.39 is 0 Å². The van der Waals surface area contributed by atoms with E-state index in [0.717, 1.165) is 127 Å². The third-order valence-corrected chi connectivity index (χ3v) is 18.0. The quantitative estimate of drug-likeness (QED) is 0.135. The van der Waals surface area contributed by atoms with Gasteiger partial charge in [-0.1, -0.05) is 218 Å². The lowest BCUT2D eigenvalue weighted by Crippen LogP contribution is -2.04. The van der Waals surface area contributed by atoms with Crippen molar-refractivity contribution in [2.45, 2.75) is 0 Å². The third kappa shape index (κ3) is 7.77. The number of aromatic nitrogens is 7. The monoisotopic (exact) mass is 1150 g/mol. The second-order valence-electron chi connectivity index (χ2n) is 22.9. The van der Waals surface area contributed by atoms with Crippen LogP contribution in [0.25, 0.3) is 171 Å². The fraction of sp³-hybridized carbons (Fsp3) is 0. The standard InChI is InChI=1S/C82H50N8/c1-83-67-37-19-14-32-58(67)54-42-46-72(89-70-40-22-17-35-63(70)76-74(89)48-44-61-59-33-15-20-38-68(59)87(78(61)76)56-28-10-4-11-29-56)65(50-54)55-43-47-73(66(51-55)82-85-80(52-24-6-2-7-25-52)84-81(86-82)53-26-8-3-9-27-53)90-71-41-23-18-36-64(71)77-75(90)49-45-62-60-34-16-21-39-69(60)88(79(62)77)57-30-12-5-13-31-57/h2-51H. The van der Waals surface area contributed by atoms with Crippen molar-refractivity contribution in [2.24, 2.45) is 0 Å². The number of fused-ring (bicyclic) bond motifs is 14. The Balaban J connectivity index is 0.966. The van der Waals surface area contributed by atoms with Gasteiger partial charge < -0.3 is 18.3 Å². The number of para-hydroxylation sites is 7. The van der Waals surface area contributed by atoms with Crippen LogP contribution in [0.5, 0.6) is 0 Å². The highest BCUT2D eigenvalue weighted by molar-refractivity contribution is 6.28. The fourth-order valence-corrected chi connectivity index (χ4v) is 14.2. The molecule has 90 heavy (non-hydrogen) atoms. The molecule has 0 atom stereocenters. The third-order valence-electron chi connectivity index (χ3n) is 18.0. The maximum atomic E-state index is 8.39. The number of hydrogen-bond donors (Lipinski definition) is 0. The van der Waals surface area contributed by atoms with Crippen molar-refractivity contribution in [3.05, 3.63) is 315 Å². The van der Waals surface area contributed by atoms with Crippen molar-refractivity contribution in [3.8, 4) is 79.2 Å². The van der Waals surface area contributed by atoms with Crippen molar-refractivity contribution in [1.82, 2.24) is 33.2 Å². The number of rotatable bonds is 9. The Hall–Kier alpha value is -12.4. The zero-order valence-corrected chi connectivity index (χ0v) is 48.4. The summed E-state index contributed by atoms with van der Waals surface area (Å²) in [4.78, 5) is 20.4. The van der Waals surface area contributed by atoms with Gasteiger partial charge in [-0.3, -0.25) is 0 Å². The Morgan fingerprint density at radius 1 is 0.256 bits per heavy atom. The average molecular weight is 1150 g/mol. The van der Waals surface area contributed by atoms with Crippen LogP contribution in [0, 0.1) is 6.57 Å². The van der Waals surface area contributed by atoms with E-state index in [9.17, 15) is 0 Å². The Morgan fingerprint density at radius 3 is 1.12 bits per heavy atom. The van der Waals surface area contributed by atoms with Crippen LogP contribution in [0.1, 0.15) is 0 Å². The van der Waals surface area contributed by atoms with E-state index in [-0.39, 0.29) is 0 Å². The molecular formula is C82H50N8. The van der Waals surface area contributed by atoms with Crippen LogP contribution in [0.4, 0.5) is 5.69 Å². The van der Waals surface area contributed by atoms with Crippen LogP contribution in [-0.4, -0.2) is 33.2 Å². The molecule has 0 aliphatic carbocycles. The number of hydrogen-bond acceptors (Lipinski definition) is 3. The van der Waals surface area contributed by atoms with Gasteiger partial charge in [-0.05, 0) is 102 Å². The molecule has 0 saturated carbocycles. The van der Waals surface area contributed by atoms with Gasteiger partial charge in [0.15, 0.2) is 23.2 Å². The van der Waals surface area contributed by atoms with Gasteiger partial charge in [0.2, 0.25) is 0 Å². The Labute approximate surface area is 517 Å². The van der Waals surface area contributed by atoms with Gasteiger partial charge in [-0.2, -0.15) is 0 Å². The van der Waals surface area contributed by atoms with E-state index in [1.165, 1.54) is 21.5 Å². The minimum Gasteiger partial charge on any atom is -0.309 e. The lowest BCUT2D eigenvalue weighted by atomic mass is 9.94. The van der Waals surface area contributed by atoms with Gasteiger partial charge >= 0.3 is 0 Å². The predicted octanol–water partition coefficient (Wildman–Crippen LogP) is 21.1. The summed E-state index contributed by atoms with van der Waals surface area (Å²) in [5.74, 6) is 1.65. The highest BCUT2D eigenvalue weighted by atomic mass is 15.1. The largest absolute Gasteiger partial charge is 0.309 e. The summed E-state index contributed by atoms with van der Waals surface area (Å²) < 4.78 is 9.72. The van der Waals surface area contributed by atoms with Gasteiger partial charge in [0.25, 0.3) is 0 Å². The second kappa shape index (κ2) is 20.3. The van der Waals surface area contributed by atoms with E-state index in [0.29, 0.717) is 23.2 Å². The molecule has 18 rings (SSSR count). The predicted molar refractivity (Wildman–Crippen MR) is 371 cm³/mol. The minimum atomic E-state index is 0.522. The van der Waals surface area contributed by atoms with Gasteiger partial charge in [0.05, 0.1) is 62.1 Å². The van der Waals surface area contributed by atoms with Crippen molar-refractivity contribution in [3.63, 3.8) is 0 Å². The highest BCUT2D eigenvalue weighted by Gasteiger charge is 2.27. The lowest BCUT2D eigenvalue weighted by molar-refractivity contribution is 1.06. The molecule has 18 aromatic rings. The molecule has 0 aliphatic rings.